The molecule has 1 fully saturated rings. The topological polar surface area (TPSA) is 55.5 Å². The molecular weight excluding hydrogens is 572 g/mol. The lowest BCUT2D eigenvalue weighted by Gasteiger charge is -2.42. The van der Waals surface area contributed by atoms with Gasteiger partial charge in [0.25, 0.3) is 5.91 Å². The molecule has 0 bridgehead atoms. The van der Waals surface area contributed by atoms with Crippen LogP contribution in [-0.4, -0.2) is 76.4 Å². The lowest BCUT2D eigenvalue weighted by Crippen LogP contribution is -2.56. The number of nitrogens with one attached hydrogen (secondary N) is 1. The normalized spacial score (nSPS) is 16.7. The van der Waals surface area contributed by atoms with E-state index >= 15 is 0 Å². The molecule has 1 aliphatic rings. The number of aromatic amines is 1. The molecule has 4 aromatic rings. The van der Waals surface area contributed by atoms with Crippen LogP contribution in [-0.2, 0) is 25.3 Å². The van der Waals surface area contributed by atoms with Gasteiger partial charge in [0.1, 0.15) is 0 Å². The smallest absolute Gasteiger partial charge is 0.361 e. The summed E-state index contributed by atoms with van der Waals surface area (Å²) in [5, 5.41) is 0.946. The van der Waals surface area contributed by atoms with E-state index in [0.29, 0.717) is 51.3 Å². The first-order valence-corrected chi connectivity index (χ1v) is 13.8. The second-order valence-corrected chi connectivity index (χ2v) is 10.9. The highest BCUT2D eigenvalue weighted by atomic mass is 19.4. The minimum absolute atomic E-state index is 0.0418. The molecule has 2 aromatic carbocycles. The van der Waals surface area contributed by atoms with Crippen molar-refractivity contribution in [2.24, 2.45) is 0 Å². The van der Waals surface area contributed by atoms with E-state index in [1.165, 1.54) is 4.90 Å². The number of alkyl halides is 6. The number of pyridine rings is 1. The van der Waals surface area contributed by atoms with Crippen LogP contribution in [0.25, 0.3) is 10.9 Å². The fourth-order valence-corrected chi connectivity index (χ4v) is 5.56. The van der Waals surface area contributed by atoms with Gasteiger partial charge < -0.3 is 14.8 Å². The number of aromatic nitrogens is 2. The standard InChI is InChI=1S/C31H31F6N5O/c1-40(19-21-5-4-8-38-17-21)9-10-41-11-12-42(26(20-41)15-23-18-39-28-7-3-2-6-27(23)28)29(43)22-13-24(30(32,33)34)16-25(14-22)31(35,36)37/h2-8,13-14,16-18,26,39H,9-12,15,19-20H2,1H3/t26-/m1/s1. The summed E-state index contributed by atoms with van der Waals surface area (Å²) in [4.78, 5) is 26.8. The molecule has 2 aromatic heterocycles. The molecule has 1 saturated heterocycles. The largest absolute Gasteiger partial charge is 0.416 e. The molecule has 1 N–H and O–H groups in total. The Morgan fingerprint density at radius 2 is 1.72 bits per heavy atom. The van der Waals surface area contributed by atoms with Crippen molar-refractivity contribution in [3.8, 4) is 0 Å². The summed E-state index contributed by atoms with van der Waals surface area (Å²) in [5.41, 5.74) is -0.766. The van der Waals surface area contributed by atoms with Crippen molar-refractivity contribution in [2.45, 2.75) is 31.4 Å². The Hall–Kier alpha value is -3.90. The van der Waals surface area contributed by atoms with Crippen molar-refractivity contribution in [3.05, 3.63) is 101 Å². The SMILES string of the molecule is CN(CCN1CCN(C(=O)c2cc(C(F)(F)F)cc(C(F)(F)F)c2)[C@H](Cc2c[nH]c3ccccc23)C1)Cc1cccnc1. The van der Waals surface area contributed by atoms with Crippen molar-refractivity contribution < 1.29 is 31.1 Å². The van der Waals surface area contributed by atoms with Gasteiger partial charge in [-0.15, -0.1) is 0 Å². The number of piperazine rings is 1. The minimum Gasteiger partial charge on any atom is -0.361 e. The minimum atomic E-state index is -5.04. The number of nitrogens with zero attached hydrogens (tertiary/aromatic N) is 4. The van der Waals surface area contributed by atoms with Crippen LogP contribution in [0.5, 0.6) is 0 Å². The van der Waals surface area contributed by atoms with E-state index in [4.69, 9.17) is 0 Å². The van der Waals surface area contributed by atoms with Gasteiger partial charge in [-0.2, -0.15) is 26.3 Å². The molecule has 3 heterocycles. The number of hydrogen-bond donors (Lipinski definition) is 1. The molecule has 0 spiro atoms. The number of para-hydroxylation sites is 1. The molecule has 228 valence electrons. The van der Waals surface area contributed by atoms with Gasteiger partial charge in [0.2, 0.25) is 0 Å². The number of carbonyl (C=O) groups excluding carboxylic acids is 1. The van der Waals surface area contributed by atoms with E-state index in [1.54, 1.807) is 12.4 Å². The summed E-state index contributed by atoms with van der Waals surface area (Å²) in [7, 11) is 1.99. The Labute approximate surface area is 244 Å². The molecule has 0 saturated carbocycles. The average molecular weight is 604 g/mol. The van der Waals surface area contributed by atoms with Gasteiger partial charge in [0.15, 0.2) is 0 Å². The van der Waals surface area contributed by atoms with Gasteiger partial charge in [0.05, 0.1) is 11.1 Å². The number of benzene rings is 2. The highest BCUT2D eigenvalue weighted by Crippen LogP contribution is 2.37. The Balaban J connectivity index is 1.39. The van der Waals surface area contributed by atoms with Crippen LogP contribution in [0.1, 0.15) is 32.6 Å². The summed E-state index contributed by atoms with van der Waals surface area (Å²) in [6.07, 6.45) is -4.36. The van der Waals surface area contributed by atoms with Crippen LogP contribution in [0, 0.1) is 0 Å². The summed E-state index contributed by atoms with van der Waals surface area (Å²) < 4.78 is 81.3. The molecule has 6 nitrogen and oxygen atoms in total. The number of amides is 1. The highest BCUT2D eigenvalue weighted by molar-refractivity contribution is 5.95. The second-order valence-electron chi connectivity index (χ2n) is 10.9. The van der Waals surface area contributed by atoms with Gasteiger partial charge >= 0.3 is 12.4 Å². The number of fused-ring (bicyclic) bond motifs is 1. The van der Waals surface area contributed by atoms with Crippen molar-refractivity contribution in [3.63, 3.8) is 0 Å². The lowest BCUT2D eigenvalue weighted by atomic mass is 9.98. The Morgan fingerprint density at radius 3 is 2.40 bits per heavy atom. The van der Waals surface area contributed by atoms with E-state index in [9.17, 15) is 31.1 Å². The Morgan fingerprint density at radius 1 is 1.00 bits per heavy atom. The fraction of sp³-hybridized carbons (Fsp3) is 0.355. The number of halogens is 6. The third-order valence-corrected chi connectivity index (χ3v) is 7.77. The molecule has 1 aliphatic heterocycles. The molecule has 43 heavy (non-hydrogen) atoms. The van der Waals surface area contributed by atoms with Crippen LogP contribution in [0.3, 0.4) is 0 Å². The number of carbonyl (C=O) groups is 1. The second kappa shape index (κ2) is 12.4. The first-order valence-electron chi connectivity index (χ1n) is 13.8. The van der Waals surface area contributed by atoms with Crippen LogP contribution in [0.2, 0.25) is 0 Å². The number of H-pyrrole nitrogens is 1. The number of rotatable bonds is 8. The van der Waals surface area contributed by atoms with Gasteiger partial charge in [-0.3, -0.25) is 14.7 Å². The molecular formula is C31H31F6N5O. The zero-order chi connectivity index (χ0) is 30.8. The monoisotopic (exact) mass is 603 g/mol. The first kappa shape index (κ1) is 30.6. The predicted molar refractivity (Wildman–Crippen MR) is 150 cm³/mol. The van der Waals surface area contributed by atoms with E-state index in [2.05, 4.69) is 19.8 Å². The quantitative estimate of drug-likeness (QED) is 0.248. The van der Waals surface area contributed by atoms with Gasteiger partial charge in [-0.1, -0.05) is 24.3 Å². The van der Waals surface area contributed by atoms with Crippen LogP contribution in [0.4, 0.5) is 26.3 Å². The lowest BCUT2D eigenvalue weighted by molar-refractivity contribution is -0.143. The number of likely N-dealkylation sites (N-methyl/N-ethyl adjacent to an activating group) is 1. The van der Waals surface area contributed by atoms with E-state index in [1.807, 2.05) is 49.6 Å². The molecule has 12 heteroatoms. The van der Waals surface area contributed by atoms with E-state index < -0.39 is 41.0 Å². The maximum Gasteiger partial charge on any atom is 0.416 e. The zero-order valence-electron chi connectivity index (χ0n) is 23.4. The average Bonchev–Trinajstić information content (AvgIpc) is 3.38. The van der Waals surface area contributed by atoms with Crippen molar-refractivity contribution >= 4 is 16.8 Å². The van der Waals surface area contributed by atoms with E-state index in [-0.39, 0.29) is 12.6 Å². The molecule has 1 amide bonds. The molecule has 5 rings (SSSR count). The summed E-state index contributed by atoms with van der Waals surface area (Å²) in [6, 6.07) is 12.1. The summed E-state index contributed by atoms with van der Waals surface area (Å²) in [5.74, 6) is -0.852. The van der Waals surface area contributed by atoms with Crippen molar-refractivity contribution in [1.82, 2.24) is 24.7 Å². The van der Waals surface area contributed by atoms with Crippen LogP contribution >= 0.6 is 0 Å². The van der Waals surface area contributed by atoms with Crippen LogP contribution in [0.15, 0.2) is 73.2 Å². The Bertz CT molecular complexity index is 1520. The van der Waals surface area contributed by atoms with Crippen molar-refractivity contribution in [2.75, 3.05) is 39.8 Å². The van der Waals surface area contributed by atoms with Crippen molar-refractivity contribution in [1.29, 1.82) is 0 Å². The zero-order valence-corrected chi connectivity index (χ0v) is 23.4. The van der Waals surface area contributed by atoms with Gasteiger partial charge in [0, 0.05) is 80.4 Å². The summed E-state index contributed by atoms with van der Waals surface area (Å²) in [6.45, 7) is 3.09. The third kappa shape index (κ3) is 7.37. The maximum atomic E-state index is 13.7. The highest BCUT2D eigenvalue weighted by Gasteiger charge is 2.39. The third-order valence-electron chi connectivity index (χ3n) is 7.77. The maximum absolute atomic E-state index is 13.7. The first-order chi connectivity index (χ1) is 20.4. The predicted octanol–water partition coefficient (Wildman–Crippen LogP) is 6.10. The van der Waals surface area contributed by atoms with Gasteiger partial charge in [-0.25, -0.2) is 0 Å². The Kier molecular flexibility index (Phi) is 8.79. The molecule has 0 unspecified atom stereocenters. The molecule has 0 aliphatic carbocycles. The number of hydrogen-bond acceptors (Lipinski definition) is 4. The fourth-order valence-electron chi connectivity index (χ4n) is 5.56. The van der Waals surface area contributed by atoms with E-state index in [0.717, 1.165) is 22.0 Å². The van der Waals surface area contributed by atoms with Crippen LogP contribution < -0.4 is 0 Å². The van der Waals surface area contributed by atoms with Gasteiger partial charge in [-0.05, 0) is 54.9 Å². The molecule has 0 radical (unpaired) electrons. The molecule has 1 atom stereocenters. The summed E-state index contributed by atoms with van der Waals surface area (Å²) >= 11 is 0.